The summed E-state index contributed by atoms with van der Waals surface area (Å²) in [5.74, 6) is -0.0287. The number of rotatable bonds is 3. The lowest BCUT2D eigenvalue weighted by atomic mass is 10.1. The first-order chi connectivity index (χ1) is 10.6. The Bertz CT molecular complexity index is 810. The van der Waals surface area contributed by atoms with E-state index in [9.17, 15) is 4.79 Å². The highest BCUT2D eigenvalue weighted by Crippen LogP contribution is 2.23. The zero-order valence-corrected chi connectivity index (χ0v) is 13.1. The van der Waals surface area contributed by atoms with Crippen LogP contribution in [0.5, 0.6) is 0 Å². The minimum atomic E-state index is -0.0396. The number of carbonyl (C=O) groups excluding carboxylic acids is 1. The van der Waals surface area contributed by atoms with Gasteiger partial charge in [0.2, 0.25) is 0 Å². The molecule has 0 fully saturated rings. The lowest BCUT2D eigenvalue weighted by molar-refractivity contribution is 0.0743. The first-order valence-corrected chi connectivity index (χ1v) is 7.40. The highest BCUT2D eigenvalue weighted by molar-refractivity contribution is 6.30. The standard InChI is InChI=1S/C17H16ClN3O/c1-11(12-3-6-14(18)7-4-12)21(2)17(22)13-5-8-15-16(9-13)20-10-19-15/h3-11H,1-2H3,(H,19,20). The van der Waals surface area contributed by atoms with Crippen molar-refractivity contribution >= 4 is 28.5 Å². The van der Waals surface area contributed by atoms with Gasteiger partial charge in [-0.3, -0.25) is 4.79 Å². The molecule has 0 saturated heterocycles. The number of nitrogens with one attached hydrogen (secondary N) is 1. The summed E-state index contributed by atoms with van der Waals surface area (Å²) < 4.78 is 0. The van der Waals surface area contributed by atoms with Gasteiger partial charge in [-0.05, 0) is 42.8 Å². The van der Waals surface area contributed by atoms with E-state index in [1.165, 1.54) is 0 Å². The minimum Gasteiger partial charge on any atom is -0.345 e. The Balaban J connectivity index is 1.85. The SMILES string of the molecule is CC(c1ccc(Cl)cc1)N(C)C(=O)c1ccc2nc[nH]c2c1. The summed E-state index contributed by atoms with van der Waals surface area (Å²) in [5, 5.41) is 0.689. The van der Waals surface area contributed by atoms with Crippen molar-refractivity contribution in [2.24, 2.45) is 0 Å². The Morgan fingerprint density at radius 1 is 1.23 bits per heavy atom. The molecule has 0 radical (unpaired) electrons. The first kappa shape index (κ1) is 14.6. The van der Waals surface area contributed by atoms with E-state index in [2.05, 4.69) is 9.97 Å². The van der Waals surface area contributed by atoms with Gasteiger partial charge in [-0.25, -0.2) is 4.98 Å². The summed E-state index contributed by atoms with van der Waals surface area (Å²) >= 11 is 5.91. The number of hydrogen-bond donors (Lipinski definition) is 1. The molecular weight excluding hydrogens is 298 g/mol. The fourth-order valence-corrected chi connectivity index (χ4v) is 2.54. The number of carbonyl (C=O) groups is 1. The second-order valence-corrected chi connectivity index (χ2v) is 5.71. The molecule has 3 aromatic rings. The molecule has 22 heavy (non-hydrogen) atoms. The third-order valence-corrected chi connectivity index (χ3v) is 4.17. The molecule has 0 aliphatic heterocycles. The topological polar surface area (TPSA) is 49.0 Å². The van der Waals surface area contributed by atoms with E-state index in [0.717, 1.165) is 16.6 Å². The fourth-order valence-electron chi connectivity index (χ4n) is 2.41. The minimum absolute atomic E-state index is 0.0287. The maximum atomic E-state index is 12.7. The number of benzene rings is 2. The predicted octanol–water partition coefficient (Wildman–Crippen LogP) is 4.05. The van der Waals surface area contributed by atoms with Gasteiger partial charge in [0.25, 0.3) is 5.91 Å². The van der Waals surface area contributed by atoms with E-state index in [-0.39, 0.29) is 11.9 Å². The van der Waals surface area contributed by atoms with Gasteiger partial charge in [0.1, 0.15) is 0 Å². The maximum absolute atomic E-state index is 12.7. The number of aromatic nitrogens is 2. The lowest BCUT2D eigenvalue weighted by Gasteiger charge is -2.25. The Hall–Kier alpha value is -2.33. The Labute approximate surface area is 133 Å². The lowest BCUT2D eigenvalue weighted by Crippen LogP contribution is -2.29. The molecule has 1 aromatic heterocycles. The van der Waals surface area contributed by atoms with Gasteiger partial charge in [-0.15, -0.1) is 0 Å². The van der Waals surface area contributed by atoms with Gasteiger partial charge in [-0.2, -0.15) is 0 Å². The molecule has 0 aliphatic rings. The second kappa shape index (κ2) is 5.81. The molecule has 5 heteroatoms. The number of H-pyrrole nitrogens is 1. The monoisotopic (exact) mass is 313 g/mol. The third kappa shape index (κ3) is 2.70. The van der Waals surface area contributed by atoms with E-state index >= 15 is 0 Å². The van der Waals surface area contributed by atoms with Gasteiger partial charge < -0.3 is 9.88 Å². The van der Waals surface area contributed by atoms with Crippen LogP contribution in [0.15, 0.2) is 48.8 Å². The summed E-state index contributed by atoms with van der Waals surface area (Å²) in [6, 6.07) is 13.0. The number of halogens is 1. The molecule has 1 amide bonds. The van der Waals surface area contributed by atoms with E-state index < -0.39 is 0 Å². The average molecular weight is 314 g/mol. The smallest absolute Gasteiger partial charge is 0.254 e. The van der Waals surface area contributed by atoms with Crippen molar-refractivity contribution < 1.29 is 4.79 Å². The van der Waals surface area contributed by atoms with Crippen LogP contribution < -0.4 is 0 Å². The van der Waals surface area contributed by atoms with Crippen molar-refractivity contribution in [2.75, 3.05) is 7.05 Å². The number of fused-ring (bicyclic) bond motifs is 1. The van der Waals surface area contributed by atoms with Crippen LogP contribution in [0.4, 0.5) is 0 Å². The molecule has 0 saturated carbocycles. The van der Waals surface area contributed by atoms with Crippen molar-refractivity contribution in [3.63, 3.8) is 0 Å². The first-order valence-electron chi connectivity index (χ1n) is 7.02. The molecule has 2 aromatic carbocycles. The summed E-state index contributed by atoms with van der Waals surface area (Å²) in [6.45, 7) is 2.00. The van der Waals surface area contributed by atoms with Crippen LogP contribution in [0.25, 0.3) is 11.0 Å². The number of aromatic amines is 1. The van der Waals surface area contributed by atoms with Gasteiger partial charge in [0.05, 0.1) is 23.4 Å². The van der Waals surface area contributed by atoms with Crippen LogP contribution in [0.2, 0.25) is 5.02 Å². The zero-order chi connectivity index (χ0) is 15.7. The van der Waals surface area contributed by atoms with Crippen molar-refractivity contribution in [1.29, 1.82) is 0 Å². The fraction of sp³-hybridized carbons (Fsp3) is 0.176. The Morgan fingerprint density at radius 3 is 2.68 bits per heavy atom. The average Bonchev–Trinajstić information content (AvgIpc) is 3.01. The number of amides is 1. The highest BCUT2D eigenvalue weighted by Gasteiger charge is 2.19. The molecule has 0 spiro atoms. The maximum Gasteiger partial charge on any atom is 0.254 e. The van der Waals surface area contributed by atoms with Gasteiger partial charge in [0, 0.05) is 17.6 Å². The molecule has 1 unspecified atom stereocenters. The largest absolute Gasteiger partial charge is 0.345 e. The quantitative estimate of drug-likeness (QED) is 0.793. The van der Waals surface area contributed by atoms with Crippen molar-refractivity contribution in [1.82, 2.24) is 14.9 Å². The van der Waals surface area contributed by atoms with E-state index in [1.54, 1.807) is 24.3 Å². The summed E-state index contributed by atoms with van der Waals surface area (Å²) in [6.07, 6.45) is 1.62. The Kier molecular flexibility index (Phi) is 3.86. The van der Waals surface area contributed by atoms with Crippen molar-refractivity contribution in [3.8, 4) is 0 Å². The number of hydrogen-bond acceptors (Lipinski definition) is 2. The molecule has 0 aliphatic carbocycles. The van der Waals surface area contributed by atoms with Crippen LogP contribution >= 0.6 is 11.6 Å². The van der Waals surface area contributed by atoms with Crippen molar-refractivity contribution in [2.45, 2.75) is 13.0 Å². The van der Waals surface area contributed by atoms with Gasteiger partial charge in [-0.1, -0.05) is 23.7 Å². The van der Waals surface area contributed by atoms with Crippen LogP contribution in [0, 0.1) is 0 Å². The molecule has 1 heterocycles. The van der Waals surface area contributed by atoms with Crippen LogP contribution in [-0.2, 0) is 0 Å². The molecule has 1 atom stereocenters. The third-order valence-electron chi connectivity index (χ3n) is 3.92. The van der Waals surface area contributed by atoms with Crippen LogP contribution in [-0.4, -0.2) is 27.8 Å². The Morgan fingerprint density at radius 2 is 1.95 bits per heavy atom. The second-order valence-electron chi connectivity index (χ2n) is 5.28. The summed E-state index contributed by atoms with van der Waals surface area (Å²) in [4.78, 5) is 21.6. The predicted molar refractivity (Wildman–Crippen MR) is 88.1 cm³/mol. The van der Waals surface area contributed by atoms with E-state index in [0.29, 0.717) is 10.6 Å². The molecule has 112 valence electrons. The van der Waals surface area contributed by atoms with Crippen LogP contribution in [0.1, 0.15) is 28.9 Å². The van der Waals surface area contributed by atoms with E-state index in [1.807, 2.05) is 43.3 Å². The summed E-state index contributed by atoms with van der Waals surface area (Å²) in [7, 11) is 1.80. The normalized spacial score (nSPS) is 12.3. The highest BCUT2D eigenvalue weighted by atomic mass is 35.5. The van der Waals surface area contributed by atoms with E-state index in [4.69, 9.17) is 11.6 Å². The molecular formula is C17H16ClN3O. The zero-order valence-electron chi connectivity index (χ0n) is 12.4. The van der Waals surface area contributed by atoms with Gasteiger partial charge >= 0.3 is 0 Å². The molecule has 3 rings (SSSR count). The number of nitrogens with zero attached hydrogens (tertiary/aromatic N) is 2. The van der Waals surface area contributed by atoms with Gasteiger partial charge in [0.15, 0.2) is 0 Å². The van der Waals surface area contributed by atoms with Crippen LogP contribution in [0.3, 0.4) is 0 Å². The molecule has 4 nitrogen and oxygen atoms in total. The molecule has 1 N–H and O–H groups in total. The molecule has 0 bridgehead atoms. The summed E-state index contributed by atoms with van der Waals surface area (Å²) in [5.41, 5.74) is 3.39. The van der Waals surface area contributed by atoms with Crippen molar-refractivity contribution in [3.05, 3.63) is 64.9 Å². The number of imidazole rings is 1.